The number of aryl methyl sites for hydroxylation is 2. The zero-order valence-electron chi connectivity index (χ0n) is 13.6. The molecule has 1 aromatic rings. The number of aliphatic carboxylic acids is 1. The van der Waals surface area contributed by atoms with Crippen molar-refractivity contribution < 1.29 is 14.7 Å². The van der Waals surface area contributed by atoms with Gasteiger partial charge in [0.05, 0.1) is 6.42 Å². The molecule has 0 unspecified atom stereocenters. The van der Waals surface area contributed by atoms with E-state index in [2.05, 4.69) is 12.2 Å². The number of carboxylic acid groups (broad SMARTS) is 1. The summed E-state index contributed by atoms with van der Waals surface area (Å²) in [6, 6.07) is 5.96. The molecule has 0 spiro atoms. The predicted octanol–water partition coefficient (Wildman–Crippen LogP) is 3.00. The summed E-state index contributed by atoms with van der Waals surface area (Å²) in [5.74, 6) is -0.582. The highest BCUT2D eigenvalue weighted by atomic mass is 16.4. The Morgan fingerprint density at radius 1 is 1.27 bits per heavy atom. The van der Waals surface area contributed by atoms with Gasteiger partial charge in [-0.3, -0.25) is 4.79 Å². The van der Waals surface area contributed by atoms with Crippen molar-refractivity contribution >= 4 is 11.9 Å². The fourth-order valence-electron chi connectivity index (χ4n) is 3.18. The number of hydrogen-bond acceptors (Lipinski definition) is 2. The number of rotatable bonds is 4. The quantitative estimate of drug-likeness (QED) is 0.898. The molecule has 1 saturated carbocycles. The van der Waals surface area contributed by atoms with Crippen LogP contribution in [0.1, 0.15) is 49.3 Å². The molecule has 22 heavy (non-hydrogen) atoms. The second-order valence-electron chi connectivity index (χ2n) is 6.72. The molecule has 120 valence electrons. The van der Waals surface area contributed by atoms with Crippen molar-refractivity contribution in [3.63, 3.8) is 0 Å². The molecule has 1 fully saturated rings. The first-order valence-electron chi connectivity index (χ1n) is 7.93. The van der Waals surface area contributed by atoms with Crippen LogP contribution in [0.2, 0.25) is 0 Å². The molecule has 1 aliphatic carbocycles. The highest BCUT2D eigenvalue weighted by molar-refractivity contribution is 5.88. The van der Waals surface area contributed by atoms with Gasteiger partial charge in [-0.25, -0.2) is 4.79 Å². The van der Waals surface area contributed by atoms with Crippen LogP contribution in [0.25, 0.3) is 0 Å². The molecule has 0 aliphatic heterocycles. The maximum atomic E-state index is 12.3. The van der Waals surface area contributed by atoms with Gasteiger partial charge in [-0.15, -0.1) is 0 Å². The third-order valence-electron chi connectivity index (χ3n) is 4.77. The molecule has 0 atom stereocenters. The Morgan fingerprint density at radius 3 is 2.45 bits per heavy atom. The van der Waals surface area contributed by atoms with Crippen molar-refractivity contribution in [2.45, 2.75) is 58.4 Å². The first kappa shape index (κ1) is 16.5. The first-order valence-corrected chi connectivity index (χ1v) is 7.93. The summed E-state index contributed by atoms with van der Waals surface area (Å²) in [6.07, 6.45) is 2.95. The van der Waals surface area contributed by atoms with Crippen LogP contribution in [0.3, 0.4) is 0 Å². The topological polar surface area (TPSA) is 66.4 Å². The van der Waals surface area contributed by atoms with Crippen molar-refractivity contribution in [1.82, 2.24) is 5.32 Å². The van der Waals surface area contributed by atoms with Crippen molar-refractivity contribution in [2.24, 2.45) is 5.92 Å². The van der Waals surface area contributed by atoms with E-state index in [0.29, 0.717) is 18.8 Å². The smallest absolute Gasteiger partial charge is 0.329 e. The lowest BCUT2D eigenvalue weighted by atomic mass is 9.77. The molecule has 0 heterocycles. The Kier molecular flexibility index (Phi) is 4.89. The molecule has 2 rings (SSSR count). The summed E-state index contributed by atoms with van der Waals surface area (Å²) in [5, 5.41) is 12.4. The highest BCUT2D eigenvalue weighted by Crippen LogP contribution is 2.32. The fourth-order valence-corrected chi connectivity index (χ4v) is 3.18. The lowest BCUT2D eigenvalue weighted by Gasteiger charge is -2.36. The minimum absolute atomic E-state index is 0.205. The van der Waals surface area contributed by atoms with Gasteiger partial charge in [-0.1, -0.05) is 30.7 Å². The van der Waals surface area contributed by atoms with Crippen molar-refractivity contribution in [3.8, 4) is 0 Å². The third kappa shape index (κ3) is 3.67. The standard InChI is InChI=1S/C18H25NO3/c1-12-6-8-18(9-7-12,17(21)22)19-16(20)11-15-5-4-13(2)10-14(15)3/h4-5,10,12H,6-9,11H2,1-3H3,(H,19,20)(H,21,22). The van der Waals surface area contributed by atoms with E-state index in [0.717, 1.165) is 29.5 Å². The van der Waals surface area contributed by atoms with Crippen molar-refractivity contribution in [1.29, 1.82) is 0 Å². The molecule has 2 N–H and O–H groups in total. The Labute approximate surface area is 131 Å². The van der Waals surface area contributed by atoms with Gasteiger partial charge in [0.15, 0.2) is 0 Å². The number of carbonyl (C=O) groups excluding carboxylic acids is 1. The van der Waals surface area contributed by atoms with E-state index >= 15 is 0 Å². The van der Waals surface area contributed by atoms with Crippen LogP contribution in [0, 0.1) is 19.8 Å². The van der Waals surface area contributed by atoms with Gasteiger partial charge < -0.3 is 10.4 Å². The number of amides is 1. The second kappa shape index (κ2) is 6.51. The Bertz CT molecular complexity index is 572. The van der Waals surface area contributed by atoms with E-state index in [-0.39, 0.29) is 12.3 Å². The summed E-state index contributed by atoms with van der Waals surface area (Å²) in [5.41, 5.74) is 2.09. The van der Waals surface area contributed by atoms with Crippen LogP contribution >= 0.6 is 0 Å². The van der Waals surface area contributed by atoms with Gasteiger partial charge in [-0.05, 0) is 56.6 Å². The minimum atomic E-state index is -1.08. The molecule has 0 aromatic heterocycles. The third-order valence-corrected chi connectivity index (χ3v) is 4.77. The van der Waals surface area contributed by atoms with E-state index in [1.807, 2.05) is 32.0 Å². The maximum absolute atomic E-state index is 12.3. The van der Waals surface area contributed by atoms with E-state index in [1.165, 1.54) is 0 Å². The fraction of sp³-hybridized carbons (Fsp3) is 0.556. The number of carboxylic acids is 1. The van der Waals surface area contributed by atoms with E-state index in [1.54, 1.807) is 0 Å². The summed E-state index contributed by atoms with van der Waals surface area (Å²) in [4.78, 5) is 24.0. The Morgan fingerprint density at radius 2 is 1.91 bits per heavy atom. The lowest BCUT2D eigenvalue weighted by molar-refractivity contribution is -0.149. The van der Waals surface area contributed by atoms with E-state index in [4.69, 9.17) is 0 Å². The number of benzene rings is 1. The summed E-state index contributed by atoms with van der Waals surface area (Å²) in [6.45, 7) is 6.12. The molecular formula is C18H25NO3. The van der Waals surface area contributed by atoms with Crippen molar-refractivity contribution in [2.75, 3.05) is 0 Å². The van der Waals surface area contributed by atoms with Crippen LogP contribution in [0.4, 0.5) is 0 Å². The minimum Gasteiger partial charge on any atom is -0.480 e. The number of nitrogens with one attached hydrogen (secondary N) is 1. The van der Waals surface area contributed by atoms with Gasteiger partial charge in [0, 0.05) is 0 Å². The van der Waals surface area contributed by atoms with Gasteiger partial charge >= 0.3 is 5.97 Å². The largest absolute Gasteiger partial charge is 0.480 e. The maximum Gasteiger partial charge on any atom is 0.329 e. The summed E-state index contributed by atoms with van der Waals surface area (Å²) in [7, 11) is 0. The normalized spacial score (nSPS) is 24.8. The molecule has 0 bridgehead atoms. The number of carbonyl (C=O) groups is 2. The van der Waals surface area contributed by atoms with E-state index < -0.39 is 11.5 Å². The molecular weight excluding hydrogens is 278 g/mol. The highest BCUT2D eigenvalue weighted by Gasteiger charge is 2.42. The van der Waals surface area contributed by atoms with Crippen LogP contribution in [-0.4, -0.2) is 22.5 Å². The Balaban J connectivity index is 2.07. The average molecular weight is 303 g/mol. The zero-order valence-corrected chi connectivity index (χ0v) is 13.6. The average Bonchev–Trinajstić information content (AvgIpc) is 2.44. The first-order chi connectivity index (χ1) is 10.3. The molecule has 1 aromatic carbocycles. The lowest BCUT2D eigenvalue weighted by Crippen LogP contribution is -2.56. The summed E-state index contributed by atoms with van der Waals surface area (Å²) >= 11 is 0. The molecule has 1 amide bonds. The number of hydrogen-bond donors (Lipinski definition) is 2. The Hall–Kier alpha value is -1.84. The SMILES string of the molecule is Cc1ccc(CC(=O)NC2(C(=O)O)CCC(C)CC2)c(C)c1. The zero-order chi connectivity index (χ0) is 16.3. The van der Waals surface area contributed by atoms with Crippen LogP contribution in [0.5, 0.6) is 0 Å². The molecule has 4 heteroatoms. The van der Waals surface area contributed by atoms with Gasteiger partial charge in [0.2, 0.25) is 5.91 Å². The van der Waals surface area contributed by atoms with Crippen molar-refractivity contribution in [3.05, 3.63) is 34.9 Å². The second-order valence-corrected chi connectivity index (χ2v) is 6.72. The molecule has 4 nitrogen and oxygen atoms in total. The van der Waals surface area contributed by atoms with Gasteiger partial charge in [0.25, 0.3) is 0 Å². The summed E-state index contributed by atoms with van der Waals surface area (Å²) < 4.78 is 0. The van der Waals surface area contributed by atoms with Crippen LogP contribution in [0.15, 0.2) is 18.2 Å². The monoisotopic (exact) mass is 303 g/mol. The van der Waals surface area contributed by atoms with Crippen LogP contribution in [-0.2, 0) is 16.0 Å². The predicted molar refractivity (Wildman–Crippen MR) is 85.8 cm³/mol. The van der Waals surface area contributed by atoms with Gasteiger partial charge in [0.1, 0.15) is 5.54 Å². The molecule has 0 saturated heterocycles. The van der Waals surface area contributed by atoms with E-state index in [9.17, 15) is 14.7 Å². The molecule has 0 radical (unpaired) electrons. The molecule has 1 aliphatic rings. The van der Waals surface area contributed by atoms with Gasteiger partial charge in [-0.2, -0.15) is 0 Å². The van der Waals surface area contributed by atoms with Crippen LogP contribution < -0.4 is 5.32 Å².